The van der Waals surface area contributed by atoms with Crippen LogP contribution in [0, 0.1) is 0 Å². The van der Waals surface area contributed by atoms with Crippen LogP contribution >= 0.6 is 11.3 Å². The molecule has 1 fully saturated rings. The lowest BCUT2D eigenvalue weighted by Gasteiger charge is -2.62. The number of aromatic carboxylic acids is 1. The normalized spacial score (nSPS) is 23.7. The van der Waals surface area contributed by atoms with Gasteiger partial charge in [0.15, 0.2) is 0 Å². The van der Waals surface area contributed by atoms with Crippen LogP contribution in [0.15, 0.2) is 170 Å². The second-order valence-electron chi connectivity index (χ2n) is 15.5. The molecule has 5 N–H and O–H groups in total. The molecule has 0 bridgehead atoms. The number of carboxylic acid groups (broad SMARTS) is 1. The Bertz CT molecular complexity index is 2440. The van der Waals surface area contributed by atoms with E-state index < -0.39 is 41.1 Å². The van der Waals surface area contributed by atoms with Crippen LogP contribution in [-0.4, -0.2) is 60.5 Å². The van der Waals surface area contributed by atoms with Gasteiger partial charge >= 0.3 is 5.97 Å². The second-order valence-corrected chi connectivity index (χ2v) is 16.7. The van der Waals surface area contributed by atoms with Crippen molar-refractivity contribution < 1.29 is 35.1 Å². The molecular formula is C50H46O7S. The van der Waals surface area contributed by atoms with Gasteiger partial charge in [-0.25, -0.2) is 4.79 Å². The van der Waals surface area contributed by atoms with E-state index in [1.165, 1.54) is 6.07 Å². The highest BCUT2D eigenvalue weighted by atomic mass is 32.1. The van der Waals surface area contributed by atoms with Crippen molar-refractivity contribution in [2.75, 3.05) is 0 Å². The molecule has 6 atom stereocenters. The summed E-state index contributed by atoms with van der Waals surface area (Å²) in [7, 11) is 0. The van der Waals surface area contributed by atoms with Gasteiger partial charge in [0.05, 0.1) is 11.7 Å². The number of ether oxygens (including phenoxy) is 1. The molecule has 0 spiro atoms. The fourth-order valence-corrected chi connectivity index (χ4v) is 9.96. The molecule has 1 aliphatic heterocycles. The number of hydrogen-bond acceptors (Lipinski definition) is 7. The van der Waals surface area contributed by atoms with Crippen molar-refractivity contribution >= 4 is 27.4 Å². The molecule has 6 aromatic carbocycles. The van der Waals surface area contributed by atoms with Crippen LogP contribution in [0.3, 0.4) is 0 Å². The maximum Gasteiger partial charge on any atom is 0.336 e. The Kier molecular flexibility index (Phi) is 11.2. The number of hydrogen-bond donors (Lipinski definition) is 5. The van der Waals surface area contributed by atoms with Gasteiger partial charge in [-0.05, 0) is 57.0 Å². The number of rotatable bonds is 13. The lowest BCUT2D eigenvalue weighted by molar-refractivity contribution is -0.368. The molecule has 0 aliphatic carbocycles. The molecule has 1 unspecified atom stereocenters. The average Bonchev–Trinajstić information content (AvgIpc) is 3.64. The molecule has 1 aliphatic rings. The number of benzene rings is 6. The zero-order valence-corrected chi connectivity index (χ0v) is 32.7. The van der Waals surface area contributed by atoms with Gasteiger partial charge in [-0.15, -0.1) is 11.3 Å². The van der Waals surface area contributed by atoms with Crippen molar-refractivity contribution in [2.45, 2.75) is 67.2 Å². The summed E-state index contributed by atoms with van der Waals surface area (Å²) in [5.74, 6) is -1.24. The zero-order valence-electron chi connectivity index (χ0n) is 31.9. The molecule has 2 heterocycles. The van der Waals surface area contributed by atoms with Gasteiger partial charge in [-0.3, -0.25) is 0 Å². The first-order valence-corrected chi connectivity index (χ1v) is 20.4. The monoisotopic (exact) mass is 790 g/mol. The van der Waals surface area contributed by atoms with Gasteiger partial charge < -0.3 is 30.3 Å². The number of thiophene rings is 1. The van der Waals surface area contributed by atoms with Crippen LogP contribution in [0.2, 0.25) is 0 Å². The molecule has 7 aromatic rings. The third kappa shape index (κ3) is 7.63. The van der Waals surface area contributed by atoms with Crippen molar-refractivity contribution in [3.63, 3.8) is 0 Å². The van der Waals surface area contributed by atoms with E-state index in [9.17, 15) is 30.3 Å². The topological polar surface area (TPSA) is 127 Å². The van der Waals surface area contributed by atoms with Crippen molar-refractivity contribution in [1.29, 1.82) is 0 Å². The van der Waals surface area contributed by atoms with Crippen LogP contribution in [0.25, 0.3) is 10.1 Å². The summed E-state index contributed by atoms with van der Waals surface area (Å²) >= 11 is 1.65. The minimum absolute atomic E-state index is 0.0472. The molecule has 8 heteroatoms. The average molecular weight is 791 g/mol. The third-order valence-electron chi connectivity index (χ3n) is 11.7. The van der Waals surface area contributed by atoms with Crippen molar-refractivity contribution in [3.8, 4) is 0 Å². The summed E-state index contributed by atoms with van der Waals surface area (Å²) in [4.78, 5) is 14.3. The van der Waals surface area contributed by atoms with Gasteiger partial charge in [0, 0.05) is 41.7 Å². The van der Waals surface area contributed by atoms with Crippen LogP contribution in [0.4, 0.5) is 0 Å². The van der Waals surface area contributed by atoms with Gasteiger partial charge in [0.2, 0.25) is 0 Å². The highest BCUT2D eigenvalue weighted by Gasteiger charge is 2.72. The molecular weight excluding hydrogens is 745 g/mol. The number of aliphatic hydroxyl groups excluding tert-OH is 1. The summed E-state index contributed by atoms with van der Waals surface area (Å²) in [6.07, 6.45) is -4.61. The van der Waals surface area contributed by atoms with Gasteiger partial charge in [-0.1, -0.05) is 152 Å². The Morgan fingerprint density at radius 3 is 1.69 bits per heavy atom. The molecule has 0 radical (unpaired) electrons. The second kappa shape index (κ2) is 16.4. The smallest absolute Gasteiger partial charge is 0.336 e. The number of carbonyl (C=O) groups is 1. The van der Waals surface area contributed by atoms with Gasteiger partial charge in [0.1, 0.15) is 29.0 Å². The van der Waals surface area contributed by atoms with Crippen LogP contribution in [-0.2, 0) is 36.8 Å². The van der Waals surface area contributed by atoms with E-state index in [0.717, 1.165) is 26.1 Å². The van der Waals surface area contributed by atoms with Crippen LogP contribution in [0.5, 0.6) is 0 Å². The molecule has 1 saturated heterocycles. The van der Waals surface area contributed by atoms with Crippen molar-refractivity contribution in [2.24, 2.45) is 0 Å². The molecule has 8 rings (SSSR count). The van der Waals surface area contributed by atoms with E-state index in [1.54, 1.807) is 23.5 Å². The molecule has 58 heavy (non-hydrogen) atoms. The Balaban J connectivity index is 1.36. The first-order chi connectivity index (χ1) is 28.1. The Morgan fingerprint density at radius 1 is 0.603 bits per heavy atom. The number of carboxylic acids is 1. The SMILES string of the molecule is O=C(O)c1ccc(Cc2cc3ccccc3s2)cc1[C@@H]1O[C@H](C(O)Cc2ccccc2)[C@](O)(Cc2ccccc2)[C@@](O)(Cc2ccccc2)[C@]1(O)Cc1ccccc1. The molecule has 1 aromatic heterocycles. The van der Waals surface area contributed by atoms with E-state index in [1.807, 2.05) is 133 Å². The standard InChI is InChI=1S/C50H46O7S/c51-43(29-34-15-5-1-6-16-34)46-49(55,32-36-19-9-3-10-20-36)50(56,33-37-21-11-4-12-22-37)48(54,31-35-17-7-2-8-18-35)45(57-46)42-28-38(25-26-41(42)47(52)53)27-40-30-39-23-13-14-24-44(39)58-40/h1-26,28,30,43,45-46,51,54-56H,27,29,31-33H2,(H,52,53)/t43?,45-,46+,48-,49+,50+/m0/s1. The predicted molar refractivity (Wildman–Crippen MR) is 227 cm³/mol. The Morgan fingerprint density at radius 2 is 1.12 bits per heavy atom. The zero-order chi connectivity index (χ0) is 40.3. The maximum absolute atomic E-state index is 13.9. The van der Waals surface area contributed by atoms with Crippen molar-refractivity contribution in [3.05, 3.63) is 214 Å². The maximum atomic E-state index is 13.9. The minimum Gasteiger partial charge on any atom is -0.478 e. The largest absolute Gasteiger partial charge is 0.478 e. The fraction of sp³-hybridized carbons (Fsp3) is 0.220. The quantitative estimate of drug-likeness (QED) is 0.0798. The van der Waals surface area contributed by atoms with Gasteiger partial charge in [0.25, 0.3) is 0 Å². The van der Waals surface area contributed by atoms with E-state index in [-0.39, 0.29) is 36.8 Å². The Hall–Kier alpha value is -5.45. The molecule has 0 saturated carbocycles. The number of fused-ring (bicyclic) bond motifs is 1. The molecule has 0 amide bonds. The fourth-order valence-electron chi connectivity index (χ4n) is 8.86. The Labute approximate surface area is 342 Å². The van der Waals surface area contributed by atoms with E-state index in [2.05, 4.69) is 18.2 Å². The van der Waals surface area contributed by atoms with E-state index in [4.69, 9.17) is 4.74 Å². The highest BCUT2D eigenvalue weighted by molar-refractivity contribution is 7.19. The van der Waals surface area contributed by atoms with Crippen LogP contribution in [0.1, 0.15) is 54.7 Å². The molecule has 7 nitrogen and oxygen atoms in total. The summed E-state index contributed by atoms with van der Waals surface area (Å²) in [5.41, 5.74) is -3.72. The summed E-state index contributed by atoms with van der Waals surface area (Å²) in [5, 5.41) is 65.5. The third-order valence-corrected chi connectivity index (χ3v) is 12.8. The highest BCUT2D eigenvalue weighted by Crippen LogP contribution is 2.56. The summed E-state index contributed by atoms with van der Waals surface area (Å²) < 4.78 is 8.12. The number of aliphatic hydroxyl groups is 4. The van der Waals surface area contributed by atoms with Gasteiger partial charge in [-0.2, -0.15) is 0 Å². The van der Waals surface area contributed by atoms with E-state index >= 15 is 0 Å². The predicted octanol–water partition coefficient (Wildman–Crippen LogP) is 8.16. The lowest BCUT2D eigenvalue weighted by atomic mass is 9.56. The van der Waals surface area contributed by atoms with Crippen LogP contribution < -0.4 is 0 Å². The molecule has 294 valence electrons. The first-order valence-electron chi connectivity index (χ1n) is 19.6. The first kappa shape index (κ1) is 39.4. The minimum atomic E-state index is -2.46. The summed E-state index contributed by atoms with van der Waals surface area (Å²) in [6.45, 7) is 0. The van der Waals surface area contributed by atoms with Crippen molar-refractivity contribution in [1.82, 2.24) is 0 Å². The lowest BCUT2D eigenvalue weighted by Crippen LogP contribution is -2.81. The van der Waals surface area contributed by atoms with E-state index in [0.29, 0.717) is 23.1 Å². The summed E-state index contributed by atoms with van der Waals surface area (Å²) in [6, 6.07) is 52.0.